The van der Waals surface area contributed by atoms with Gasteiger partial charge < -0.3 is 16.4 Å². The third-order valence-electron chi connectivity index (χ3n) is 1.89. The fraction of sp³-hybridized carbons (Fsp3) is 0.750. The predicted octanol–water partition coefficient (Wildman–Crippen LogP) is -1.03. The fourth-order valence-electron chi connectivity index (χ4n) is 0.802. The second kappa shape index (κ2) is 5.53. The van der Waals surface area contributed by atoms with Crippen LogP contribution in [0.4, 0.5) is 0 Å². The zero-order valence-corrected chi connectivity index (χ0v) is 8.26. The molecule has 0 rings (SSSR count). The molecule has 0 bridgehead atoms. The minimum Gasteiger partial charge on any atom is -0.368 e. The first-order chi connectivity index (χ1) is 6.02. The maximum absolute atomic E-state index is 11.3. The highest BCUT2D eigenvalue weighted by molar-refractivity contribution is 5.88. The molecule has 2 atom stereocenters. The van der Waals surface area contributed by atoms with Crippen LogP contribution in [0.1, 0.15) is 20.3 Å². The molecular formula is C8H17N3O2. The van der Waals surface area contributed by atoms with E-state index < -0.39 is 11.9 Å². The number of nitrogens with one attached hydrogen (secondary N) is 2. The maximum Gasteiger partial charge on any atom is 0.239 e. The number of primary amides is 1. The van der Waals surface area contributed by atoms with Crippen molar-refractivity contribution in [2.45, 2.75) is 32.4 Å². The van der Waals surface area contributed by atoms with Gasteiger partial charge in [-0.15, -0.1) is 0 Å². The zero-order valence-electron chi connectivity index (χ0n) is 8.26. The SMILES string of the molecule is CCC(NC(=O)C(C)NC)C(N)=O. The zero-order chi connectivity index (χ0) is 10.4. The Balaban J connectivity index is 4.09. The number of rotatable bonds is 5. The van der Waals surface area contributed by atoms with Gasteiger partial charge in [0, 0.05) is 0 Å². The molecule has 2 amide bonds. The van der Waals surface area contributed by atoms with Gasteiger partial charge >= 0.3 is 0 Å². The van der Waals surface area contributed by atoms with E-state index in [-0.39, 0.29) is 11.9 Å². The van der Waals surface area contributed by atoms with Crippen LogP contribution in [-0.2, 0) is 9.59 Å². The quantitative estimate of drug-likeness (QED) is 0.515. The monoisotopic (exact) mass is 187 g/mol. The summed E-state index contributed by atoms with van der Waals surface area (Å²) in [7, 11) is 1.68. The van der Waals surface area contributed by atoms with Gasteiger partial charge in [0.25, 0.3) is 0 Å². The number of nitrogens with two attached hydrogens (primary N) is 1. The minimum atomic E-state index is -0.566. The summed E-state index contributed by atoms with van der Waals surface area (Å²) in [4.78, 5) is 22.0. The third-order valence-corrected chi connectivity index (χ3v) is 1.89. The van der Waals surface area contributed by atoms with E-state index >= 15 is 0 Å². The van der Waals surface area contributed by atoms with Crippen molar-refractivity contribution in [2.24, 2.45) is 5.73 Å². The van der Waals surface area contributed by atoms with E-state index in [1.165, 1.54) is 0 Å². The average Bonchev–Trinajstić information content (AvgIpc) is 2.11. The second-order valence-electron chi connectivity index (χ2n) is 2.88. The Kier molecular flexibility index (Phi) is 5.06. The third kappa shape index (κ3) is 3.89. The van der Waals surface area contributed by atoms with Gasteiger partial charge in [0.1, 0.15) is 6.04 Å². The highest BCUT2D eigenvalue weighted by Gasteiger charge is 2.18. The Hall–Kier alpha value is -1.10. The van der Waals surface area contributed by atoms with Crippen LogP contribution in [0.25, 0.3) is 0 Å². The summed E-state index contributed by atoms with van der Waals surface area (Å²) < 4.78 is 0. The first-order valence-corrected chi connectivity index (χ1v) is 4.29. The summed E-state index contributed by atoms with van der Waals surface area (Å²) in [6, 6.07) is -0.878. The summed E-state index contributed by atoms with van der Waals surface area (Å²) >= 11 is 0. The van der Waals surface area contributed by atoms with E-state index in [0.29, 0.717) is 6.42 Å². The van der Waals surface area contributed by atoms with Crippen molar-refractivity contribution in [3.05, 3.63) is 0 Å². The van der Waals surface area contributed by atoms with E-state index in [4.69, 9.17) is 5.73 Å². The molecule has 2 unspecified atom stereocenters. The van der Waals surface area contributed by atoms with Crippen LogP contribution in [0, 0.1) is 0 Å². The molecule has 13 heavy (non-hydrogen) atoms. The normalized spacial score (nSPS) is 14.7. The van der Waals surface area contributed by atoms with E-state index in [2.05, 4.69) is 10.6 Å². The Morgan fingerprint density at radius 1 is 1.46 bits per heavy atom. The van der Waals surface area contributed by atoms with E-state index in [1.807, 2.05) is 0 Å². The lowest BCUT2D eigenvalue weighted by molar-refractivity contribution is -0.128. The molecule has 4 N–H and O–H groups in total. The largest absolute Gasteiger partial charge is 0.368 e. The van der Waals surface area contributed by atoms with Crippen molar-refractivity contribution < 1.29 is 9.59 Å². The van der Waals surface area contributed by atoms with Gasteiger partial charge in [-0.2, -0.15) is 0 Å². The molecule has 0 heterocycles. The summed E-state index contributed by atoms with van der Waals surface area (Å²) in [5, 5.41) is 5.31. The maximum atomic E-state index is 11.3. The van der Waals surface area contributed by atoms with Crippen molar-refractivity contribution in [1.29, 1.82) is 0 Å². The predicted molar refractivity (Wildman–Crippen MR) is 49.9 cm³/mol. The molecule has 5 nitrogen and oxygen atoms in total. The van der Waals surface area contributed by atoms with Crippen molar-refractivity contribution in [3.63, 3.8) is 0 Å². The number of hydrogen-bond donors (Lipinski definition) is 3. The van der Waals surface area contributed by atoms with Crippen LogP contribution in [0.3, 0.4) is 0 Å². The highest BCUT2D eigenvalue weighted by Crippen LogP contribution is 1.90. The highest BCUT2D eigenvalue weighted by atomic mass is 16.2. The molecule has 0 saturated carbocycles. The number of hydrogen-bond acceptors (Lipinski definition) is 3. The Bertz CT molecular complexity index is 194. The molecule has 0 aromatic rings. The van der Waals surface area contributed by atoms with Crippen molar-refractivity contribution >= 4 is 11.8 Å². The summed E-state index contributed by atoms with van der Waals surface area (Å²) in [6.45, 7) is 3.50. The van der Waals surface area contributed by atoms with Gasteiger partial charge in [-0.05, 0) is 20.4 Å². The molecular weight excluding hydrogens is 170 g/mol. The Morgan fingerprint density at radius 3 is 2.31 bits per heavy atom. The number of carbonyl (C=O) groups excluding carboxylic acids is 2. The van der Waals surface area contributed by atoms with Crippen LogP contribution in [0.15, 0.2) is 0 Å². The summed E-state index contributed by atoms with van der Waals surface area (Å²) in [5.74, 6) is -0.715. The van der Waals surface area contributed by atoms with Gasteiger partial charge in [0.15, 0.2) is 0 Å². The Morgan fingerprint density at radius 2 is 2.00 bits per heavy atom. The summed E-state index contributed by atoms with van der Waals surface area (Å²) in [6.07, 6.45) is 0.511. The smallest absolute Gasteiger partial charge is 0.239 e. The Labute approximate surface area is 78.1 Å². The average molecular weight is 187 g/mol. The fourth-order valence-corrected chi connectivity index (χ4v) is 0.802. The van der Waals surface area contributed by atoms with Gasteiger partial charge in [-0.1, -0.05) is 6.92 Å². The standard InChI is InChI=1S/C8H17N3O2/c1-4-6(7(9)12)11-8(13)5(2)10-3/h5-6,10H,4H2,1-3H3,(H2,9,12)(H,11,13). The molecule has 0 aromatic carbocycles. The second-order valence-corrected chi connectivity index (χ2v) is 2.88. The summed E-state index contributed by atoms with van der Waals surface area (Å²) in [5.41, 5.74) is 5.06. The molecule has 0 aliphatic heterocycles. The first kappa shape index (κ1) is 11.9. The van der Waals surface area contributed by atoms with E-state index in [9.17, 15) is 9.59 Å². The van der Waals surface area contributed by atoms with Crippen LogP contribution in [-0.4, -0.2) is 30.9 Å². The molecule has 0 radical (unpaired) electrons. The molecule has 0 fully saturated rings. The molecule has 76 valence electrons. The van der Waals surface area contributed by atoms with Gasteiger partial charge in [-0.3, -0.25) is 9.59 Å². The van der Waals surface area contributed by atoms with Gasteiger partial charge in [-0.25, -0.2) is 0 Å². The number of carbonyl (C=O) groups is 2. The van der Waals surface area contributed by atoms with E-state index in [0.717, 1.165) is 0 Å². The molecule has 5 heteroatoms. The van der Waals surface area contributed by atoms with Gasteiger partial charge in [0.05, 0.1) is 6.04 Å². The molecule has 0 spiro atoms. The number of amides is 2. The van der Waals surface area contributed by atoms with Crippen molar-refractivity contribution in [1.82, 2.24) is 10.6 Å². The van der Waals surface area contributed by atoms with Crippen molar-refractivity contribution in [3.8, 4) is 0 Å². The first-order valence-electron chi connectivity index (χ1n) is 4.29. The lowest BCUT2D eigenvalue weighted by Crippen LogP contribution is -2.49. The lowest BCUT2D eigenvalue weighted by atomic mass is 10.2. The molecule has 0 aliphatic rings. The van der Waals surface area contributed by atoms with Crippen LogP contribution >= 0.6 is 0 Å². The van der Waals surface area contributed by atoms with Crippen LogP contribution < -0.4 is 16.4 Å². The van der Waals surface area contributed by atoms with Crippen molar-refractivity contribution in [2.75, 3.05) is 7.05 Å². The van der Waals surface area contributed by atoms with E-state index in [1.54, 1.807) is 20.9 Å². The van der Waals surface area contributed by atoms with Crippen LogP contribution in [0.5, 0.6) is 0 Å². The molecule has 0 aliphatic carbocycles. The van der Waals surface area contributed by atoms with Crippen LogP contribution in [0.2, 0.25) is 0 Å². The molecule has 0 aromatic heterocycles. The minimum absolute atomic E-state index is 0.215. The lowest BCUT2D eigenvalue weighted by Gasteiger charge is -2.16. The number of likely N-dealkylation sites (N-methyl/N-ethyl adjacent to an activating group) is 1. The molecule has 0 saturated heterocycles. The van der Waals surface area contributed by atoms with Gasteiger partial charge in [0.2, 0.25) is 11.8 Å². The topological polar surface area (TPSA) is 84.2 Å².